The standard InChI is InChI=1S/C6H5OSi2/c8-7-9-6-4-2-1-3-5-6/h1-5H. The molecule has 0 atom stereocenters. The predicted molar refractivity (Wildman–Crippen MR) is 38.7 cm³/mol. The van der Waals surface area contributed by atoms with Gasteiger partial charge in [0.25, 0.3) is 9.76 Å². The van der Waals surface area contributed by atoms with Gasteiger partial charge in [-0.2, -0.15) is 0 Å². The number of benzene rings is 1. The lowest BCUT2D eigenvalue weighted by Gasteiger charge is -1.92. The summed E-state index contributed by atoms with van der Waals surface area (Å²) in [5, 5.41) is 1.20. The summed E-state index contributed by atoms with van der Waals surface area (Å²) in [6.45, 7) is 0. The van der Waals surface area contributed by atoms with Crippen LogP contribution in [0.25, 0.3) is 0 Å². The van der Waals surface area contributed by atoms with Crippen LogP contribution in [-0.2, 0) is 4.12 Å². The number of rotatable bonds is 2. The third kappa shape index (κ3) is 2.13. The molecule has 0 aliphatic carbocycles. The normalized spacial score (nSPS) is 9.44. The van der Waals surface area contributed by atoms with Crippen molar-refractivity contribution in [3.05, 3.63) is 30.3 Å². The Kier molecular flexibility index (Phi) is 2.69. The highest BCUT2D eigenvalue weighted by Gasteiger charge is 1.88. The summed E-state index contributed by atoms with van der Waals surface area (Å²) in [6, 6.07) is 10.0. The van der Waals surface area contributed by atoms with Crippen LogP contribution in [0.1, 0.15) is 0 Å². The Hall–Kier alpha value is -0.386. The average molecular weight is 149 g/mol. The molecule has 1 rings (SSSR count). The minimum Gasteiger partial charge on any atom is -0.454 e. The second-order valence-corrected chi connectivity index (χ2v) is 3.17. The SMILES string of the molecule is [Si]O[Si]c1ccccc1. The predicted octanol–water partition coefficient (Wildman–Crippen LogP) is 0.0312. The fourth-order valence-corrected chi connectivity index (χ4v) is 1.37. The van der Waals surface area contributed by atoms with E-state index in [0.29, 0.717) is 9.76 Å². The Bertz CT molecular complexity index is 164. The second-order valence-electron chi connectivity index (χ2n) is 1.57. The van der Waals surface area contributed by atoms with Crippen LogP contribution in [0.4, 0.5) is 0 Å². The molecule has 3 heteroatoms. The van der Waals surface area contributed by atoms with Crippen LogP contribution in [-0.4, -0.2) is 20.2 Å². The van der Waals surface area contributed by atoms with Crippen LogP contribution in [0.5, 0.6) is 0 Å². The first kappa shape index (κ1) is 6.73. The van der Waals surface area contributed by atoms with E-state index >= 15 is 0 Å². The molecule has 0 spiro atoms. The van der Waals surface area contributed by atoms with E-state index in [9.17, 15) is 0 Å². The molecule has 0 N–H and O–H groups in total. The van der Waals surface area contributed by atoms with Crippen molar-refractivity contribution in [3.8, 4) is 0 Å². The molecule has 0 unspecified atom stereocenters. The third-order valence-electron chi connectivity index (χ3n) is 0.943. The molecule has 0 fully saturated rings. The van der Waals surface area contributed by atoms with Gasteiger partial charge in [-0.15, -0.1) is 0 Å². The van der Waals surface area contributed by atoms with E-state index in [4.69, 9.17) is 4.12 Å². The quantitative estimate of drug-likeness (QED) is 0.539. The van der Waals surface area contributed by atoms with Crippen molar-refractivity contribution in [3.63, 3.8) is 0 Å². The molecule has 0 aliphatic heterocycles. The zero-order valence-corrected chi connectivity index (χ0v) is 6.79. The van der Waals surface area contributed by atoms with Crippen molar-refractivity contribution in [2.45, 2.75) is 0 Å². The lowest BCUT2D eigenvalue weighted by molar-refractivity contribution is 0.676. The van der Waals surface area contributed by atoms with Gasteiger partial charge in [0.05, 0.1) is 0 Å². The van der Waals surface area contributed by atoms with Gasteiger partial charge in [-0.25, -0.2) is 0 Å². The monoisotopic (exact) mass is 149 g/mol. The number of hydrogen-bond acceptors (Lipinski definition) is 1. The molecule has 0 amide bonds. The molecule has 1 aromatic carbocycles. The van der Waals surface area contributed by atoms with Crippen LogP contribution in [0.3, 0.4) is 0 Å². The third-order valence-corrected chi connectivity index (χ3v) is 1.92. The van der Waals surface area contributed by atoms with E-state index in [1.807, 2.05) is 30.3 Å². The number of hydrogen-bond donors (Lipinski definition) is 0. The lowest BCUT2D eigenvalue weighted by atomic mass is 10.4. The molecule has 0 aliphatic rings. The molecule has 0 aromatic heterocycles. The van der Waals surface area contributed by atoms with E-state index in [-0.39, 0.29) is 0 Å². The summed E-state index contributed by atoms with van der Waals surface area (Å²) >= 11 is 0. The molecular weight excluding hydrogens is 144 g/mol. The van der Waals surface area contributed by atoms with Gasteiger partial charge in [0.2, 0.25) is 10.5 Å². The molecule has 5 radical (unpaired) electrons. The second kappa shape index (κ2) is 3.60. The van der Waals surface area contributed by atoms with Crippen LogP contribution >= 0.6 is 0 Å². The maximum absolute atomic E-state index is 4.76. The molecule has 43 valence electrons. The molecular formula is C6H5OSi2. The largest absolute Gasteiger partial charge is 0.454 e. The van der Waals surface area contributed by atoms with Crippen molar-refractivity contribution in [1.82, 2.24) is 0 Å². The highest BCUT2D eigenvalue weighted by atomic mass is 28.3. The fraction of sp³-hybridized carbons (Fsp3) is 0. The van der Waals surface area contributed by atoms with Crippen molar-refractivity contribution < 1.29 is 4.12 Å². The van der Waals surface area contributed by atoms with Crippen LogP contribution in [0.15, 0.2) is 30.3 Å². The highest BCUT2D eigenvalue weighted by molar-refractivity contribution is 6.50. The van der Waals surface area contributed by atoms with E-state index in [1.165, 1.54) is 5.19 Å². The van der Waals surface area contributed by atoms with Gasteiger partial charge >= 0.3 is 0 Å². The van der Waals surface area contributed by atoms with Gasteiger partial charge in [0, 0.05) is 0 Å². The Labute approximate surface area is 60.5 Å². The fourth-order valence-electron chi connectivity index (χ4n) is 0.565. The zero-order valence-electron chi connectivity index (χ0n) is 4.79. The molecule has 0 heterocycles. The Morgan fingerprint density at radius 3 is 2.44 bits per heavy atom. The van der Waals surface area contributed by atoms with Gasteiger partial charge in [0.1, 0.15) is 0 Å². The van der Waals surface area contributed by atoms with Gasteiger partial charge in [-0.3, -0.25) is 0 Å². The van der Waals surface area contributed by atoms with Crippen molar-refractivity contribution >= 4 is 25.4 Å². The Morgan fingerprint density at radius 2 is 1.89 bits per heavy atom. The van der Waals surface area contributed by atoms with Crippen molar-refractivity contribution in [1.29, 1.82) is 0 Å². The molecule has 0 saturated heterocycles. The molecule has 1 nitrogen and oxygen atoms in total. The average Bonchev–Trinajstić information content (AvgIpc) is 1.91. The maximum Gasteiger partial charge on any atom is 0.256 e. The summed E-state index contributed by atoms with van der Waals surface area (Å²) < 4.78 is 4.76. The first-order valence-electron chi connectivity index (χ1n) is 2.57. The maximum atomic E-state index is 4.76. The Balaban J connectivity index is 2.61. The van der Waals surface area contributed by atoms with Crippen LogP contribution in [0.2, 0.25) is 0 Å². The summed E-state index contributed by atoms with van der Waals surface area (Å²) in [6.07, 6.45) is 0. The van der Waals surface area contributed by atoms with Gasteiger partial charge in [-0.05, 0) is 5.19 Å². The molecule has 1 aromatic rings. The minimum absolute atomic E-state index is 0.401. The summed E-state index contributed by atoms with van der Waals surface area (Å²) in [5.74, 6) is 0. The summed E-state index contributed by atoms with van der Waals surface area (Å²) in [5.41, 5.74) is 0. The summed E-state index contributed by atoms with van der Waals surface area (Å²) in [4.78, 5) is 0. The van der Waals surface area contributed by atoms with Crippen molar-refractivity contribution in [2.75, 3.05) is 0 Å². The molecule has 0 saturated carbocycles. The van der Waals surface area contributed by atoms with Crippen LogP contribution in [0, 0.1) is 0 Å². The molecule has 0 bridgehead atoms. The van der Waals surface area contributed by atoms with E-state index in [2.05, 4.69) is 10.5 Å². The van der Waals surface area contributed by atoms with Crippen molar-refractivity contribution in [2.24, 2.45) is 0 Å². The first-order valence-corrected chi connectivity index (χ1v) is 3.89. The van der Waals surface area contributed by atoms with Crippen LogP contribution < -0.4 is 5.19 Å². The smallest absolute Gasteiger partial charge is 0.256 e. The zero-order chi connectivity index (χ0) is 6.53. The van der Waals surface area contributed by atoms with E-state index < -0.39 is 0 Å². The lowest BCUT2D eigenvalue weighted by Crippen LogP contribution is -2.14. The summed E-state index contributed by atoms with van der Waals surface area (Å²) in [7, 11) is 3.34. The topological polar surface area (TPSA) is 9.23 Å². The van der Waals surface area contributed by atoms with Gasteiger partial charge in [0.15, 0.2) is 0 Å². The molecule has 9 heavy (non-hydrogen) atoms. The first-order chi connectivity index (χ1) is 4.43. The highest BCUT2D eigenvalue weighted by Crippen LogP contribution is 1.79. The van der Waals surface area contributed by atoms with E-state index in [0.717, 1.165) is 0 Å². The van der Waals surface area contributed by atoms with Gasteiger partial charge < -0.3 is 4.12 Å². The minimum atomic E-state index is 0.401. The van der Waals surface area contributed by atoms with Gasteiger partial charge in [-0.1, -0.05) is 30.3 Å². The Morgan fingerprint density at radius 1 is 1.22 bits per heavy atom. The van der Waals surface area contributed by atoms with E-state index in [1.54, 1.807) is 0 Å².